The Hall–Kier alpha value is -1.41. The van der Waals surface area contributed by atoms with E-state index >= 15 is 0 Å². The molecule has 1 aromatic heterocycles. The number of para-hydroxylation sites is 1. The number of benzene rings is 1. The molecular weight excluding hydrogens is 277 g/mol. The van der Waals surface area contributed by atoms with Crippen molar-refractivity contribution in [2.24, 2.45) is 0 Å². The van der Waals surface area contributed by atoms with Crippen LogP contribution in [0.4, 0.5) is 5.69 Å². The third kappa shape index (κ3) is 3.77. The molecule has 92 valence electrons. The predicted molar refractivity (Wildman–Crippen MR) is 66.1 cm³/mol. The molecule has 0 saturated heterocycles. The first kappa shape index (κ1) is 15.6. The van der Waals surface area contributed by atoms with E-state index in [-0.39, 0.29) is 34.3 Å². The number of rotatable bonds is 2. The fourth-order valence-electron chi connectivity index (χ4n) is 1.39. The Bertz CT molecular complexity index is 696. The number of carbonyl (C=O) groups excluding carboxylic acids is 1. The molecule has 2 rings (SSSR count). The number of H-pyrrole nitrogens is 2. The summed E-state index contributed by atoms with van der Waals surface area (Å²) >= 11 is 4.62. The number of nitrogens with one attached hydrogen (secondary N) is 3. The minimum absolute atomic E-state index is 0. The monoisotopic (exact) mass is 285 g/mol. The Morgan fingerprint density at radius 3 is 2.42 bits per heavy atom. The molecule has 0 aliphatic rings. The van der Waals surface area contributed by atoms with E-state index in [9.17, 15) is 14.7 Å². The normalized spacial score (nSPS) is 9.47. The predicted octanol–water partition coefficient (Wildman–Crippen LogP) is -2.24. The van der Waals surface area contributed by atoms with Gasteiger partial charge in [-0.15, -0.1) is 0 Å². The molecule has 0 spiro atoms. The molecule has 0 atom stereocenters. The van der Waals surface area contributed by atoms with Gasteiger partial charge in [0.2, 0.25) is 0 Å². The zero-order valence-electron chi connectivity index (χ0n) is 10.0. The second-order valence-corrected chi connectivity index (χ2v) is 3.84. The number of amides is 1. The summed E-state index contributed by atoms with van der Waals surface area (Å²) < 4.78 is -0.110. The zero-order chi connectivity index (χ0) is 13.1. The van der Waals surface area contributed by atoms with Crippen LogP contribution in [0.25, 0.3) is 0 Å². The number of aromatic amines is 2. The zero-order valence-corrected chi connectivity index (χ0v) is 12.8. The Labute approximate surface area is 135 Å². The molecule has 19 heavy (non-hydrogen) atoms. The van der Waals surface area contributed by atoms with Gasteiger partial charge in [0.05, 0.1) is 0 Å². The fraction of sp³-hybridized carbons (Fsp3) is 0. The SMILES string of the molecule is O=C(Nc1ccccc1)c1c([O-])[nH]c(=S)[nH]c1=O.[Na+]. The van der Waals surface area contributed by atoms with Gasteiger partial charge in [-0.3, -0.25) is 14.6 Å². The quantitative estimate of drug-likeness (QED) is 0.429. The molecule has 8 heteroatoms. The molecule has 0 fully saturated rings. The van der Waals surface area contributed by atoms with Crippen LogP contribution in [0.2, 0.25) is 0 Å². The molecule has 1 heterocycles. The third-order valence-electron chi connectivity index (χ3n) is 2.17. The minimum atomic E-state index is -0.808. The van der Waals surface area contributed by atoms with Crippen molar-refractivity contribution in [1.29, 1.82) is 0 Å². The number of hydrogen-bond acceptors (Lipinski definition) is 4. The summed E-state index contributed by atoms with van der Waals surface area (Å²) in [7, 11) is 0. The van der Waals surface area contributed by atoms with E-state index < -0.39 is 22.9 Å². The van der Waals surface area contributed by atoms with Gasteiger partial charge in [-0.25, -0.2) is 0 Å². The van der Waals surface area contributed by atoms with E-state index in [1.165, 1.54) is 0 Å². The van der Waals surface area contributed by atoms with Gasteiger partial charge in [0.1, 0.15) is 5.56 Å². The van der Waals surface area contributed by atoms with E-state index in [4.69, 9.17) is 0 Å². The van der Waals surface area contributed by atoms with Crippen LogP contribution in [0, 0.1) is 4.77 Å². The number of aromatic nitrogens is 2. The first-order valence-electron chi connectivity index (χ1n) is 4.98. The van der Waals surface area contributed by atoms with Crippen molar-refractivity contribution in [3.05, 3.63) is 51.0 Å². The van der Waals surface area contributed by atoms with Crippen LogP contribution < -0.4 is 45.5 Å². The molecule has 1 aromatic carbocycles. The molecule has 1 amide bonds. The van der Waals surface area contributed by atoms with E-state index in [1.807, 2.05) is 0 Å². The summed E-state index contributed by atoms with van der Waals surface area (Å²) in [5.74, 6) is -1.59. The number of hydrogen-bond donors (Lipinski definition) is 3. The fourth-order valence-corrected chi connectivity index (χ4v) is 1.57. The molecular formula is C11H8N3NaO3S. The van der Waals surface area contributed by atoms with Crippen molar-refractivity contribution in [2.75, 3.05) is 5.32 Å². The summed E-state index contributed by atoms with van der Waals surface area (Å²) in [6, 6.07) is 8.50. The summed E-state index contributed by atoms with van der Waals surface area (Å²) in [6.45, 7) is 0. The van der Waals surface area contributed by atoms with E-state index in [2.05, 4.69) is 27.5 Å². The van der Waals surface area contributed by atoms with E-state index in [1.54, 1.807) is 30.3 Å². The van der Waals surface area contributed by atoms with Gasteiger partial charge in [0.15, 0.2) is 4.77 Å². The summed E-state index contributed by atoms with van der Waals surface area (Å²) in [4.78, 5) is 27.6. The van der Waals surface area contributed by atoms with Crippen LogP contribution >= 0.6 is 12.2 Å². The van der Waals surface area contributed by atoms with Gasteiger partial charge >= 0.3 is 29.6 Å². The molecule has 3 N–H and O–H groups in total. The molecule has 0 aliphatic carbocycles. The summed E-state index contributed by atoms with van der Waals surface area (Å²) in [6.07, 6.45) is 0. The van der Waals surface area contributed by atoms with Crippen LogP contribution in [0.15, 0.2) is 35.1 Å². The van der Waals surface area contributed by atoms with Gasteiger partial charge < -0.3 is 15.4 Å². The van der Waals surface area contributed by atoms with E-state index in [0.717, 1.165) is 0 Å². The smallest absolute Gasteiger partial charge is 0.859 e. The average molecular weight is 285 g/mol. The molecule has 0 saturated carbocycles. The van der Waals surface area contributed by atoms with Crippen LogP contribution in [0.3, 0.4) is 0 Å². The number of carbonyl (C=O) groups is 1. The van der Waals surface area contributed by atoms with Crippen molar-refractivity contribution in [1.82, 2.24) is 9.97 Å². The molecule has 2 aromatic rings. The maximum absolute atomic E-state index is 11.8. The van der Waals surface area contributed by atoms with Crippen molar-refractivity contribution >= 4 is 23.8 Å². The molecule has 0 radical (unpaired) electrons. The van der Waals surface area contributed by atoms with Crippen LogP contribution in [-0.2, 0) is 0 Å². The van der Waals surface area contributed by atoms with Gasteiger partial charge in [-0.1, -0.05) is 18.2 Å². The Kier molecular flexibility index (Phi) is 5.49. The first-order valence-corrected chi connectivity index (χ1v) is 5.39. The molecule has 0 aliphatic heterocycles. The number of anilines is 1. The Morgan fingerprint density at radius 2 is 1.84 bits per heavy atom. The molecule has 0 unspecified atom stereocenters. The average Bonchev–Trinajstić information content (AvgIpc) is 2.28. The van der Waals surface area contributed by atoms with Crippen LogP contribution in [0.1, 0.15) is 10.4 Å². The third-order valence-corrected chi connectivity index (χ3v) is 2.37. The Morgan fingerprint density at radius 1 is 1.21 bits per heavy atom. The van der Waals surface area contributed by atoms with Gasteiger partial charge in [-0.2, -0.15) is 0 Å². The molecule has 0 bridgehead atoms. The standard InChI is InChI=1S/C11H9N3O3S.Na/c15-8(12-6-4-2-1-3-5-6)7-9(16)13-11(18)14-10(7)17;/h1-5H,(H,12,15)(H3,13,14,16,17,18);/q;+1/p-1. The van der Waals surface area contributed by atoms with E-state index in [0.29, 0.717) is 5.69 Å². The second-order valence-electron chi connectivity index (χ2n) is 3.43. The van der Waals surface area contributed by atoms with Gasteiger partial charge in [0, 0.05) is 5.69 Å². The second kappa shape index (κ2) is 6.67. The van der Waals surface area contributed by atoms with Crippen molar-refractivity contribution in [2.45, 2.75) is 0 Å². The van der Waals surface area contributed by atoms with Crippen molar-refractivity contribution < 1.29 is 39.5 Å². The van der Waals surface area contributed by atoms with Crippen LogP contribution in [0.5, 0.6) is 5.88 Å². The summed E-state index contributed by atoms with van der Waals surface area (Å²) in [5, 5.41) is 13.9. The first-order chi connectivity index (χ1) is 8.58. The van der Waals surface area contributed by atoms with Crippen LogP contribution in [-0.4, -0.2) is 15.9 Å². The minimum Gasteiger partial charge on any atom is -0.859 e. The summed E-state index contributed by atoms with van der Waals surface area (Å²) in [5.41, 5.74) is -0.839. The largest absolute Gasteiger partial charge is 1.00 e. The maximum atomic E-state index is 11.8. The molecule has 6 nitrogen and oxygen atoms in total. The Balaban J connectivity index is 0.00000180. The van der Waals surface area contributed by atoms with Gasteiger partial charge in [-0.05, 0) is 30.2 Å². The van der Waals surface area contributed by atoms with Gasteiger partial charge in [0.25, 0.3) is 11.5 Å². The van der Waals surface area contributed by atoms with Crippen molar-refractivity contribution in [3.63, 3.8) is 0 Å². The maximum Gasteiger partial charge on any atom is 1.00 e. The van der Waals surface area contributed by atoms with Crippen molar-refractivity contribution in [3.8, 4) is 5.88 Å². The topological polar surface area (TPSA) is 101 Å².